The number of nitrogens with one attached hydrogen (secondary N) is 2. The summed E-state index contributed by atoms with van der Waals surface area (Å²) < 4.78 is 64.5. The van der Waals surface area contributed by atoms with Gasteiger partial charge >= 0.3 is 23.5 Å². The van der Waals surface area contributed by atoms with Crippen molar-refractivity contribution in [3.8, 4) is 11.8 Å². The first-order valence-electron chi connectivity index (χ1n) is 12.5. The van der Waals surface area contributed by atoms with Crippen molar-refractivity contribution >= 4 is 45.1 Å². The van der Waals surface area contributed by atoms with Gasteiger partial charge in [0.05, 0.1) is 25.9 Å². The number of aromatic nitrogens is 2. The third kappa shape index (κ3) is 15.6. The zero-order valence-corrected chi connectivity index (χ0v) is 27.8. The number of ether oxygens (including phenoxy) is 3. The van der Waals surface area contributed by atoms with Crippen molar-refractivity contribution < 1.29 is 60.6 Å². The minimum Gasteiger partial charge on any atom is -0.479 e. The second-order valence-corrected chi connectivity index (χ2v) is 15.4. The summed E-state index contributed by atoms with van der Waals surface area (Å²) in [6.45, 7) is 1.73. The lowest BCUT2D eigenvalue weighted by Crippen LogP contribution is -2.29. The Morgan fingerprint density at radius 3 is 2.69 bits per heavy atom. The van der Waals surface area contributed by atoms with Crippen LogP contribution in [0.15, 0.2) is 28.1 Å². The molecule has 1 fully saturated rings. The predicted molar refractivity (Wildman–Crippen MR) is 161 cm³/mol. The molecule has 2 rings (SSSR count). The fourth-order valence-electron chi connectivity index (χ4n) is 3.33. The summed E-state index contributed by atoms with van der Waals surface area (Å²) in [6.07, 6.45) is -0.0138. The van der Waals surface area contributed by atoms with Crippen LogP contribution < -0.4 is 16.6 Å². The fourth-order valence-corrected chi connectivity index (χ4v) is 8.05. The highest BCUT2D eigenvalue weighted by Crippen LogP contribution is 2.66. The van der Waals surface area contributed by atoms with Crippen LogP contribution in [0.5, 0.6) is 0 Å². The van der Waals surface area contributed by atoms with Crippen LogP contribution in [0.25, 0.3) is 10.4 Å². The van der Waals surface area contributed by atoms with Gasteiger partial charge in [-0.2, -0.15) is 8.62 Å². The standard InChI is InChI=1S/C19H32N7O14P3S2/c1-2-17(35-7-9-45-44-8-5-20)22-6-3-4-14-11-26(24-19(14)27)18-10-15(36-13-23-25-21)16(38-18)12-37-42(31,32)40-43(33,34)39-41(28,29)30/h2,11,15-16,18,22H,5-10,12-13,20H2,1H3,(H,24,27)(H,31,32)(H,33,34)(H2,28,29,30)/t15-,16-,18-/m1/s1. The fraction of sp³-hybridized carbons (Fsp3) is 0.632. The summed E-state index contributed by atoms with van der Waals surface area (Å²) in [4.78, 5) is 51.4. The number of phosphoric ester groups is 1. The quantitative estimate of drug-likeness (QED) is 0.0146. The molecule has 45 heavy (non-hydrogen) atoms. The Morgan fingerprint density at radius 1 is 1.29 bits per heavy atom. The van der Waals surface area contributed by atoms with Gasteiger partial charge in [0.1, 0.15) is 18.4 Å². The van der Waals surface area contributed by atoms with Crippen molar-refractivity contribution in [1.29, 1.82) is 0 Å². The predicted octanol–water partition coefficient (Wildman–Crippen LogP) is 1.62. The third-order valence-corrected chi connectivity index (χ3v) is 11.2. The van der Waals surface area contributed by atoms with Gasteiger partial charge in [0.25, 0.3) is 5.56 Å². The summed E-state index contributed by atoms with van der Waals surface area (Å²) in [5, 5.41) is 8.76. The number of aromatic amines is 1. The van der Waals surface area contributed by atoms with Crippen LogP contribution >= 0.6 is 45.1 Å². The highest BCUT2D eigenvalue weighted by atomic mass is 33.1. The molecule has 21 nitrogen and oxygen atoms in total. The van der Waals surface area contributed by atoms with E-state index in [4.69, 9.17) is 35.3 Å². The van der Waals surface area contributed by atoms with E-state index in [0.29, 0.717) is 19.0 Å². The smallest absolute Gasteiger partial charge is 0.479 e. The van der Waals surface area contributed by atoms with E-state index in [0.717, 1.165) is 11.5 Å². The van der Waals surface area contributed by atoms with Gasteiger partial charge < -0.3 is 44.8 Å². The van der Waals surface area contributed by atoms with Gasteiger partial charge in [0, 0.05) is 35.6 Å². The lowest BCUT2D eigenvalue weighted by atomic mass is 10.2. The highest BCUT2D eigenvalue weighted by Gasteiger charge is 2.43. The molecule has 254 valence electrons. The molecule has 2 unspecified atom stereocenters. The number of allylic oxidation sites excluding steroid dienone is 1. The van der Waals surface area contributed by atoms with E-state index in [9.17, 15) is 28.3 Å². The van der Waals surface area contributed by atoms with Gasteiger partial charge in [-0.1, -0.05) is 38.5 Å². The molecule has 1 aliphatic heterocycles. The monoisotopic (exact) mass is 739 g/mol. The molecular weight excluding hydrogens is 707 g/mol. The summed E-state index contributed by atoms with van der Waals surface area (Å²) in [6, 6.07) is 0. The Labute approximate surface area is 264 Å². The van der Waals surface area contributed by atoms with E-state index >= 15 is 0 Å². The molecular formula is C19H32N7O14P3S2. The van der Waals surface area contributed by atoms with Gasteiger partial charge in [0.15, 0.2) is 12.1 Å². The largest absolute Gasteiger partial charge is 0.490 e. The molecule has 0 radical (unpaired) electrons. The SMILES string of the molecule is CC=C(NCC#Cc1cn([C@H]2C[C@@H](OCN=[N+]=[N-])[C@@H](COP(=O)(O)OP(=O)(O)OP(=O)(O)O)O2)[nH]c1=O)OCCSSCCN. The van der Waals surface area contributed by atoms with Crippen molar-refractivity contribution in [1.82, 2.24) is 15.1 Å². The molecule has 0 spiro atoms. The summed E-state index contributed by atoms with van der Waals surface area (Å²) in [5.74, 6) is 7.66. The summed E-state index contributed by atoms with van der Waals surface area (Å²) >= 11 is 0. The Bertz CT molecular complexity index is 1450. The molecule has 5 atom stereocenters. The zero-order valence-electron chi connectivity index (χ0n) is 23.4. The Morgan fingerprint density at radius 2 is 2.02 bits per heavy atom. The molecule has 0 amide bonds. The van der Waals surface area contributed by atoms with Gasteiger partial charge in [0.2, 0.25) is 0 Å². The lowest BCUT2D eigenvalue weighted by Gasteiger charge is -2.20. The minimum absolute atomic E-state index is 0.00454. The maximum atomic E-state index is 12.5. The van der Waals surface area contributed by atoms with E-state index in [2.05, 4.69) is 45.4 Å². The number of azide groups is 1. The van der Waals surface area contributed by atoms with E-state index in [-0.39, 0.29) is 18.5 Å². The van der Waals surface area contributed by atoms with Crippen molar-refractivity contribution in [2.75, 3.05) is 44.5 Å². The van der Waals surface area contributed by atoms with Gasteiger partial charge in [-0.05, 0) is 18.5 Å². The van der Waals surface area contributed by atoms with Crippen molar-refractivity contribution in [2.24, 2.45) is 10.8 Å². The first kappa shape index (κ1) is 39.4. The average Bonchev–Trinajstić information content (AvgIpc) is 3.51. The van der Waals surface area contributed by atoms with Crippen LogP contribution in [0.1, 0.15) is 25.1 Å². The van der Waals surface area contributed by atoms with E-state index in [1.807, 2.05) is 0 Å². The molecule has 0 aliphatic carbocycles. The molecule has 0 bridgehead atoms. The molecule has 1 aromatic rings. The molecule has 2 heterocycles. The number of nitrogens with zero attached hydrogens (tertiary/aromatic N) is 4. The van der Waals surface area contributed by atoms with E-state index < -0.39 is 60.8 Å². The third-order valence-electron chi connectivity index (χ3n) is 5.01. The topological polar surface area (TPSA) is 312 Å². The summed E-state index contributed by atoms with van der Waals surface area (Å²) in [5.41, 5.74) is 13.5. The second-order valence-electron chi connectivity index (χ2n) is 8.30. The molecule has 1 aliphatic rings. The van der Waals surface area contributed by atoms with Gasteiger partial charge in [-0.25, -0.2) is 13.7 Å². The maximum Gasteiger partial charge on any atom is 0.490 e. The number of H-pyrrole nitrogens is 1. The number of hydrogen-bond donors (Lipinski definition) is 7. The van der Waals surface area contributed by atoms with Crippen LogP contribution in [-0.2, 0) is 41.1 Å². The Kier molecular flexibility index (Phi) is 16.7. The normalized spacial score (nSPS) is 21.2. The first-order valence-corrected chi connectivity index (χ1v) is 19.5. The first-order chi connectivity index (χ1) is 21.2. The van der Waals surface area contributed by atoms with Crippen molar-refractivity contribution in [3.05, 3.63) is 44.5 Å². The van der Waals surface area contributed by atoms with Crippen LogP contribution in [0.3, 0.4) is 0 Å². The zero-order chi connectivity index (χ0) is 33.5. The average molecular weight is 740 g/mol. The molecule has 0 saturated carbocycles. The van der Waals surface area contributed by atoms with Crippen molar-refractivity contribution in [2.45, 2.75) is 31.8 Å². The van der Waals surface area contributed by atoms with E-state index in [1.54, 1.807) is 34.6 Å². The molecule has 1 saturated heterocycles. The molecule has 26 heteroatoms. The number of hydrogen-bond acceptors (Lipinski definition) is 15. The second kappa shape index (κ2) is 19.1. The van der Waals surface area contributed by atoms with Gasteiger partial charge in [-0.15, -0.1) is 0 Å². The number of rotatable bonds is 20. The Hall–Kier alpha value is -1.79. The Balaban J connectivity index is 2.00. The maximum absolute atomic E-state index is 12.5. The molecule has 8 N–H and O–H groups in total. The number of nitrogens with two attached hydrogens (primary N) is 1. The summed E-state index contributed by atoms with van der Waals surface area (Å²) in [7, 11) is -13.4. The van der Waals surface area contributed by atoms with Gasteiger partial charge in [-0.3, -0.25) is 19.1 Å². The molecule has 1 aromatic heterocycles. The lowest BCUT2D eigenvalue weighted by molar-refractivity contribution is -0.0619. The van der Waals surface area contributed by atoms with Crippen LogP contribution in [-0.4, -0.2) is 86.1 Å². The minimum atomic E-state index is -5.73. The van der Waals surface area contributed by atoms with Crippen molar-refractivity contribution in [3.63, 3.8) is 0 Å². The number of phosphoric acid groups is 3. The molecule has 0 aromatic carbocycles. The van der Waals surface area contributed by atoms with Crippen LogP contribution in [0.2, 0.25) is 0 Å². The highest BCUT2D eigenvalue weighted by molar-refractivity contribution is 8.76. The van der Waals surface area contributed by atoms with Crippen LogP contribution in [0.4, 0.5) is 0 Å². The van der Waals surface area contributed by atoms with E-state index in [1.165, 1.54) is 10.9 Å². The van der Waals surface area contributed by atoms with Crippen LogP contribution in [0, 0.1) is 11.8 Å².